The Labute approximate surface area is 121 Å². The van der Waals surface area contributed by atoms with Crippen LogP contribution in [0.3, 0.4) is 0 Å². The van der Waals surface area contributed by atoms with Crippen LogP contribution in [-0.2, 0) is 6.42 Å². The van der Waals surface area contributed by atoms with Crippen molar-refractivity contribution in [1.82, 2.24) is 5.32 Å². The topological polar surface area (TPSA) is 21.3 Å². The first-order valence-electron chi connectivity index (χ1n) is 7.41. The van der Waals surface area contributed by atoms with Crippen LogP contribution in [0.1, 0.15) is 45.1 Å². The molecule has 2 rings (SSSR count). The van der Waals surface area contributed by atoms with E-state index in [0.29, 0.717) is 0 Å². The minimum absolute atomic E-state index is 0.261. The molecule has 0 amide bonds. The monoisotopic (exact) mass is 281 g/mol. The standard InChI is InChI=1S/C16H24ClNO/c1-3-5-15(11-18-13-6-7-13)19-14-8-9-16(17)12(4-2)10-14/h8-10,13,15,18H,3-7,11H2,1-2H3. The van der Waals surface area contributed by atoms with E-state index < -0.39 is 0 Å². The lowest BCUT2D eigenvalue weighted by Gasteiger charge is -2.20. The van der Waals surface area contributed by atoms with Crippen LogP contribution in [0, 0.1) is 0 Å². The highest BCUT2D eigenvalue weighted by Gasteiger charge is 2.22. The summed E-state index contributed by atoms with van der Waals surface area (Å²) in [6.07, 6.45) is 6.07. The van der Waals surface area contributed by atoms with E-state index in [9.17, 15) is 0 Å². The second-order valence-corrected chi connectivity index (χ2v) is 5.73. The van der Waals surface area contributed by atoms with Gasteiger partial charge in [0.05, 0.1) is 0 Å². The zero-order chi connectivity index (χ0) is 13.7. The number of benzene rings is 1. The fraction of sp³-hybridized carbons (Fsp3) is 0.625. The van der Waals surface area contributed by atoms with E-state index >= 15 is 0 Å². The Morgan fingerprint density at radius 2 is 2.16 bits per heavy atom. The fourth-order valence-electron chi connectivity index (χ4n) is 2.20. The maximum atomic E-state index is 6.14. The van der Waals surface area contributed by atoms with Gasteiger partial charge < -0.3 is 10.1 Å². The SMILES string of the molecule is CCCC(CNC1CC1)Oc1ccc(Cl)c(CC)c1. The van der Waals surface area contributed by atoms with Crippen LogP contribution in [0.15, 0.2) is 18.2 Å². The number of rotatable bonds is 8. The summed E-state index contributed by atoms with van der Waals surface area (Å²) in [5.74, 6) is 0.942. The Bertz CT molecular complexity index is 404. The van der Waals surface area contributed by atoms with Crippen molar-refractivity contribution in [2.24, 2.45) is 0 Å². The van der Waals surface area contributed by atoms with Crippen molar-refractivity contribution in [3.63, 3.8) is 0 Å². The number of hydrogen-bond acceptors (Lipinski definition) is 2. The molecule has 0 bridgehead atoms. The van der Waals surface area contributed by atoms with Gasteiger partial charge in [-0.15, -0.1) is 0 Å². The van der Waals surface area contributed by atoms with Crippen LogP contribution in [0.25, 0.3) is 0 Å². The second-order valence-electron chi connectivity index (χ2n) is 5.32. The van der Waals surface area contributed by atoms with E-state index in [1.807, 2.05) is 12.1 Å². The Hall–Kier alpha value is -0.730. The highest BCUT2D eigenvalue weighted by atomic mass is 35.5. The summed E-state index contributed by atoms with van der Waals surface area (Å²) in [4.78, 5) is 0. The van der Waals surface area contributed by atoms with E-state index in [1.165, 1.54) is 12.8 Å². The largest absolute Gasteiger partial charge is 0.489 e. The van der Waals surface area contributed by atoms with Crippen LogP contribution in [0.2, 0.25) is 5.02 Å². The molecule has 19 heavy (non-hydrogen) atoms. The molecule has 0 heterocycles. The molecule has 1 saturated carbocycles. The molecule has 0 spiro atoms. The molecule has 0 radical (unpaired) electrons. The van der Waals surface area contributed by atoms with Crippen molar-refractivity contribution < 1.29 is 4.74 Å². The summed E-state index contributed by atoms with van der Waals surface area (Å²) in [7, 11) is 0. The maximum absolute atomic E-state index is 6.14. The van der Waals surface area contributed by atoms with Crippen LogP contribution in [0.4, 0.5) is 0 Å². The minimum Gasteiger partial charge on any atom is -0.489 e. The van der Waals surface area contributed by atoms with E-state index in [-0.39, 0.29) is 6.10 Å². The highest BCUT2D eigenvalue weighted by Crippen LogP contribution is 2.24. The van der Waals surface area contributed by atoms with Crippen LogP contribution in [0.5, 0.6) is 5.75 Å². The zero-order valence-corrected chi connectivity index (χ0v) is 12.7. The van der Waals surface area contributed by atoms with Gasteiger partial charge in [0.25, 0.3) is 0 Å². The quantitative estimate of drug-likeness (QED) is 0.771. The van der Waals surface area contributed by atoms with E-state index in [0.717, 1.165) is 48.2 Å². The van der Waals surface area contributed by atoms with Crippen molar-refractivity contribution in [3.8, 4) is 5.75 Å². The molecule has 1 aromatic carbocycles. The first-order valence-corrected chi connectivity index (χ1v) is 7.79. The fourth-order valence-corrected chi connectivity index (χ4v) is 2.45. The average molecular weight is 282 g/mol. The van der Waals surface area contributed by atoms with Crippen molar-refractivity contribution in [1.29, 1.82) is 0 Å². The Morgan fingerprint density at radius 3 is 2.79 bits per heavy atom. The molecule has 0 aliphatic heterocycles. The van der Waals surface area contributed by atoms with Gasteiger partial charge >= 0.3 is 0 Å². The molecule has 3 heteroatoms. The summed E-state index contributed by atoms with van der Waals surface area (Å²) in [6, 6.07) is 6.72. The number of ether oxygens (including phenoxy) is 1. The number of halogens is 1. The highest BCUT2D eigenvalue weighted by molar-refractivity contribution is 6.31. The zero-order valence-electron chi connectivity index (χ0n) is 11.9. The molecule has 1 atom stereocenters. The summed E-state index contributed by atoms with van der Waals surface area (Å²) in [6.45, 7) is 5.26. The Kier molecular flexibility index (Phi) is 5.53. The van der Waals surface area contributed by atoms with Gasteiger partial charge in [0, 0.05) is 17.6 Å². The molecule has 1 aliphatic carbocycles. The summed E-state index contributed by atoms with van der Waals surface area (Å²) >= 11 is 6.14. The van der Waals surface area contributed by atoms with E-state index in [1.54, 1.807) is 0 Å². The molecule has 2 nitrogen and oxygen atoms in total. The average Bonchev–Trinajstić information content (AvgIpc) is 3.22. The van der Waals surface area contributed by atoms with Gasteiger partial charge in [-0.1, -0.05) is 31.9 Å². The number of hydrogen-bond donors (Lipinski definition) is 1. The number of aryl methyl sites for hydroxylation is 1. The molecule has 106 valence electrons. The third-order valence-electron chi connectivity index (χ3n) is 3.52. The van der Waals surface area contributed by atoms with E-state index in [4.69, 9.17) is 16.3 Å². The summed E-state index contributed by atoms with van der Waals surface area (Å²) in [5.41, 5.74) is 1.16. The van der Waals surface area contributed by atoms with Gasteiger partial charge in [0.1, 0.15) is 11.9 Å². The van der Waals surface area contributed by atoms with Gasteiger partial charge in [0.15, 0.2) is 0 Å². The Morgan fingerprint density at radius 1 is 1.37 bits per heavy atom. The lowest BCUT2D eigenvalue weighted by atomic mass is 10.1. The Balaban J connectivity index is 1.94. The lowest BCUT2D eigenvalue weighted by molar-refractivity contribution is 0.186. The lowest BCUT2D eigenvalue weighted by Crippen LogP contribution is -2.32. The van der Waals surface area contributed by atoms with Crippen molar-refractivity contribution in [2.45, 2.75) is 58.1 Å². The minimum atomic E-state index is 0.261. The van der Waals surface area contributed by atoms with Crippen LogP contribution in [-0.4, -0.2) is 18.7 Å². The third kappa shape index (κ3) is 4.70. The first-order chi connectivity index (χ1) is 9.22. The van der Waals surface area contributed by atoms with Crippen molar-refractivity contribution in [2.75, 3.05) is 6.54 Å². The molecule has 0 aromatic heterocycles. The molecule has 0 saturated heterocycles. The molecule has 1 unspecified atom stereocenters. The molecule has 1 N–H and O–H groups in total. The summed E-state index contributed by atoms with van der Waals surface area (Å²) < 4.78 is 6.11. The molecular formula is C16H24ClNO. The predicted molar refractivity (Wildman–Crippen MR) is 81.2 cm³/mol. The van der Waals surface area contributed by atoms with Gasteiger partial charge in [-0.3, -0.25) is 0 Å². The molecule has 1 aliphatic rings. The normalized spacial score (nSPS) is 16.4. The first kappa shape index (κ1) is 14.7. The second kappa shape index (κ2) is 7.16. The van der Waals surface area contributed by atoms with Crippen LogP contribution < -0.4 is 10.1 Å². The number of nitrogens with one attached hydrogen (secondary N) is 1. The molecule has 1 aromatic rings. The summed E-state index contributed by atoms with van der Waals surface area (Å²) in [5, 5.41) is 4.38. The van der Waals surface area contributed by atoms with Gasteiger partial charge in [0.2, 0.25) is 0 Å². The van der Waals surface area contributed by atoms with E-state index in [2.05, 4.69) is 25.2 Å². The van der Waals surface area contributed by atoms with Crippen molar-refractivity contribution >= 4 is 11.6 Å². The third-order valence-corrected chi connectivity index (χ3v) is 3.89. The predicted octanol–water partition coefficient (Wildman–Crippen LogP) is 4.20. The van der Waals surface area contributed by atoms with Gasteiger partial charge in [-0.05, 0) is 49.4 Å². The smallest absolute Gasteiger partial charge is 0.120 e. The molecule has 1 fully saturated rings. The molecular weight excluding hydrogens is 258 g/mol. The van der Waals surface area contributed by atoms with Gasteiger partial charge in [-0.2, -0.15) is 0 Å². The van der Waals surface area contributed by atoms with Crippen LogP contribution >= 0.6 is 11.6 Å². The van der Waals surface area contributed by atoms with Crippen molar-refractivity contribution in [3.05, 3.63) is 28.8 Å². The maximum Gasteiger partial charge on any atom is 0.120 e. The van der Waals surface area contributed by atoms with Gasteiger partial charge in [-0.25, -0.2) is 0 Å².